The molecule has 31 heavy (non-hydrogen) atoms. The Morgan fingerprint density at radius 3 is 2.65 bits per heavy atom. The Morgan fingerprint density at radius 1 is 1.19 bits per heavy atom. The number of nitrogens with zero attached hydrogens (tertiary/aromatic N) is 6. The number of piperazine rings is 1. The summed E-state index contributed by atoms with van der Waals surface area (Å²) >= 11 is 0. The maximum atomic E-state index is 14.1. The molecule has 0 unspecified atom stereocenters. The zero-order valence-electron chi connectivity index (χ0n) is 17.2. The first-order chi connectivity index (χ1) is 15.0. The lowest BCUT2D eigenvalue weighted by molar-refractivity contribution is -0.119. The SMILES string of the molecule is COc1ccc(-c2ccnc(-n3ncc(C(=O)N4CCN(C=O)CC4)c3C)n2)cc1F. The second-order valence-electron chi connectivity index (χ2n) is 7.08. The van der Waals surface area contributed by atoms with E-state index in [-0.39, 0.29) is 17.6 Å². The van der Waals surface area contributed by atoms with Gasteiger partial charge in [0.1, 0.15) is 0 Å². The summed E-state index contributed by atoms with van der Waals surface area (Å²) in [6, 6.07) is 6.25. The van der Waals surface area contributed by atoms with Crippen molar-refractivity contribution in [3.05, 3.63) is 53.7 Å². The van der Waals surface area contributed by atoms with E-state index in [1.54, 1.807) is 35.1 Å². The Bertz CT molecular complexity index is 1120. The van der Waals surface area contributed by atoms with E-state index in [1.807, 2.05) is 0 Å². The monoisotopic (exact) mass is 424 g/mol. The van der Waals surface area contributed by atoms with E-state index >= 15 is 0 Å². The zero-order chi connectivity index (χ0) is 22.0. The number of methoxy groups -OCH3 is 1. The average molecular weight is 424 g/mol. The second kappa shape index (κ2) is 8.50. The highest BCUT2D eigenvalue weighted by Gasteiger charge is 2.25. The summed E-state index contributed by atoms with van der Waals surface area (Å²) in [7, 11) is 1.41. The summed E-state index contributed by atoms with van der Waals surface area (Å²) in [6.07, 6.45) is 3.85. The molecule has 0 saturated carbocycles. The van der Waals surface area contributed by atoms with Gasteiger partial charge in [0.2, 0.25) is 6.41 Å². The van der Waals surface area contributed by atoms with Crippen LogP contribution in [0.2, 0.25) is 0 Å². The lowest BCUT2D eigenvalue weighted by Gasteiger charge is -2.32. The lowest BCUT2D eigenvalue weighted by Crippen LogP contribution is -2.48. The van der Waals surface area contributed by atoms with Crippen LogP contribution in [0, 0.1) is 12.7 Å². The van der Waals surface area contributed by atoms with Gasteiger partial charge in [-0.05, 0) is 31.2 Å². The van der Waals surface area contributed by atoms with Gasteiger partial charge in [0.15, 0.2) is 11.6 Å². The summed E-state index contributed by atoms with van der Waals surface area (Å²) < 4.78 is 20.5. The molecule has 1 aliphatic rings. The number of benzene rings is 1. The molecule has 160 valence electrons. The Hall–Kier alpha value is -3.82. The van der Waals surface area contributed by atoms with Crippen molar-refractivity contribution in [1.82, 2.24) is 29.5 Å². The summed E-state index contributed by atoms with van der Waals surface area (Å²) in [5.74, 6) is -0.213. The minimum Gasteiger partial charge on any atom is -0.494 e. The van der Waals surface area contributed by atoms with Crippen molar-refractivity contribution < 1.29 is 18.7 Å². The molecule has 0 radical (unpaired) electrons. The van der Waals surface area contributed by atoms with Crippen LogP contribution in [0.5, 0.6) is 5.75 Å². The van der Waals surface area contributed by atoms with Gasteiger partial charge >= 0.3 is 0 Å². The predicted octanol–water partition coefficient (Wildman–Crippen LogP) is 1.70. The molecule has 1 aliphatic heterocycles. The van der Waals surface area contributed by atoms with E-state index < -0.39 is 5.82 Å². The highest BCUT2D eigenvalue weighted by atomic mass is 19.1. The minimum atomic E-state index is -0.488. The standard InChI is InChI=1S/C21H21FN6O3/c1-14-16(20(30)27-9-7-26(13-29)8-10-27)12-24-28(14)21-23-6-5-18(25-21)15-3-4-19(31-2)17(22)11-15/h3-6,11-13H,7-10H2,1-2H3. The fraction of sp³-hybridized carbons (Fsp3) is 0.286. The number of carbonyl (C=O) groups is 2. The third-order valence-corrected chi connectivity index (χ3v) is 5.27. The van der Waals surface area contributed by atoms with Crippen LogP contribution in [-0.4, -0.2) is 75.2 Å². The first-order valence-electron chi connectivity index (χ1n) is 9.72. The highest BCUT2D eigenvalue weighted by Crippen LogP contribution is 2.25. The van der Waals surface area contributed by atoms with E-state index in [0.29, 0.717) is 48.7 Å². The Balaban J connectivity index is 1.59. The van der Waals surface area contributed by atoms with Crippen molar-refractivity contribution in [2.45, 2.75) is 6.92 Å². The molecule has 0 spiro atoms. The summed E-state index contributed by atoms with van der Waals surface area (Å²) in [6.45, 7) is 3.72. The van der Waals surface area contributed by atoms with Crippen molar-refractivity contribution in [1.29, 1.82) is 0 Å². The minimum absolute atomic E-state index is 0.150. The lowest BCUT2D eigenvalue weighted by atomic mass is 10.1. The van der Waals surface area contributed by atoms with Gasteiger partial charge in [0.05, 0.1) is 30.3 Å². The van der Waals surface area contributed by atoms with Gasteiger partial charge in [-0.25, -0.2) is 19.0 Å². The predicted molar refractivity (Wildman–Crippen MR) is 109 cm³/mol. The second-order valence-corrected chi connectivity index (χ2v) is 7.08. The van der Waals surface area contributed by atoms with Crippen LogP contribution in [0.25, 0.3) is 17.2 Å². The van der Waals surface area contributed by atoms with Gasteiger partial charge in [0.25, 0.3) is 11.9 Å². The van der Waals surface area contributed by atoms with Gasteiger partial charge in [0, 0.05) is 37.9 Å². The van der Waals surface area contributed by atoms with Gasteiger partial charge in [-0.15, -0.1) is 0 Å². The maximum Gasteiger partial charge on any atom is 0.257 e. The molecule has 2 aromatic heterocycles. The van der Waals surface area contributed by atoms with Crippen molar-refractivity contribution in [3.63, 3.8) is 0 Å². The molecule has 1 aromatic carbocycles. The van der Waals surface area contributed by atoms with Crippen molar-refractivity contribution in [2.24, 2.45) is 0 Å². The number of hydrogen-bond acceptors (Lipinski definition) is 6. The number of halogens is 1. The molecule has 0 aliphatic carbocycles. The van der Waals surface area contributed by atoms with Crippen LogP contribution in [0.4, 0.5) is 4.39 Å². The van der Waals surface area contributed by atoms with Crippen molar-refractivity contribution >= 4 is 12.3 Å². The Labute approximate surface area is 178 Å². The quantitative estimate of drug-likeness (QED) is 0.579. The third-order valence-electron chi connectivity index (χ3n) is 5.27. The highest BCUT2D eigenvalue weighted by molar-refractivity contribution is 5.95. The van der Waals surface area contributed by atoms with E-state index in [2.05, 4.69) is 15.1 Å². The molecule has 1 fully saturated rings. The van der Waals surface area contributed by atoms with Crippen LogP contribution in [-0.2, 0) is 4.79 Å². The third kappa shape index (κ3) is 3.96. The van der Waals surface area contributed by atoms with Crippen LogP contribution in [0.3, 0.4) is 0 Å². The van der Waals surface area contributed by atoms with Gasteiger partial charge < -0.3 is 14.5 Å². The molecular weight excluding hydrogens is 403 g/mol. The number of ether oxygens (including phenoxy) is 1. The van der Waals surface area contributed by atoms with Crippen molar-refractivity contribution in [2.75, 3.05) is 33.3 Å². The molecule has 0 atom stereocenters. The van der Waals surface area contributed by atoms with Gasteiger partial charge in [-0.2, -0.15) is 5.10 Å². The fourth-order valence-electron chi connectivity index (χ4n) is 3.46. The Morgan fingerprint density at radius 2 is 1.97 bits per heavy atom. The van der Waals surface area contributed by atoms with Crippen molar-refractivity contribution in [3.8, 4) is 23.0 Å². The normalized spacial score (nSPS) is 13.9. The molecule has 3 heterocycles. The average Bonchev–Trinajstić information content (AvgIpc) is 3.20. The first-order valence-corrected chi connectivity index (χ1v) is 9.72. The molecule has 0 N–H and O–H groups in total. The maximum absolute atomic E-state index is 14.1. The number of rotatable bonds is 5. The largest absolute Gasteiger partial charge is 0.494 e. The summed E-state index contributed by atoms with van der Waals surface area (Å²) in [5.41, 5.74) is 2.13. The summed E-state index contributed by atoms with van der Waals surface area (Å²) in [4.78, 5) is 35.9. The first kappa shape index (κ1) is 20.5. The Kier molecular flexibility index (Phi) is 5.61. The molecule has 0 bridgehead atoms. The van der Waals surface area contributed by atoms with Crippen LogP contribution in [0.15, 0.2) is 36.7 Å². The fourth-order valence-corrected chi connectivity index (χ4v) is 3.46. The number of aromatic nitrogens is 4. The van der Waals surface area contributed by atoms with Crippen LogP contribution >= 0.6 is 0 Å². The van der Waals surface area contributed by atoms with E-state index in [9.17, 15) is 14.0 Å². The molecule has 10 heteroatoms. The number of amides is 2. The van der Waals surface area contributed by atoms with E-state index in [1.165, 1.54) is 30.1 Å². The summed E-state index contributed by atoms with van der Waals surface area (Å²) in [5, 5.41) is 4.30. The number of carbonyl (C=O) groups excluding carboxylic acids is 2. The van der Waals surface area contributed by atoms with E-state index in [0.717, 1.165) is 6.41 Å². The van der Waals surface area contributed by atoms with Crippen LogP contribution < -0.4 is 4.74 Å². The molecule has 3 aromatic rings. The molecule has 2 amide bonds. The topological polar surface area (TPSA) is 93.5 Å². The smallest absolute Gasteiger partial charge is 0.257 e. The molecule has 4 rings (SSSR count). The molecule has 9 nitrogen and oxygen atoms in total. The van der Waals surface area contributed by atoms with Gasteiger partial charge in [-0.1, -0.05) is 0 Å². The van der Waals surface area contributed by atoms with Gasteiger partial charge in [-0.3, -0.25) is 9.59 Å². The van der Waals surface area contributed by atoms with E-state index in [4.69, 9.17) is 4.74 Å². The zero-order valence-corrected chi connectivity index (χ0v) is 17.2. The molecule has 1 saturated heterocycles. The van der Waals surface area contributed by atoms with Crippen LogP contribution in [0.1, 0.15) is 16.1 Å². The molecular formula is C21H21FN6O3. The number of hydrogen-bond donors (Lipinski definition) is 0.